The second kappa shape index (κ2) is 9.59. The van der Waals surface area contributed by atoms with Crippen LogP contribution in [0.2, 0.25) is 0 Å². The summed E-state index contributed by atoms with van der Waals surface area (Å²) in [5.74, 6) is -0.450. The lowest BCUT2D eigenvalue weighted by Crippen LogP contribution is -2.20. The highest BCUT2D eigenvalue weighted by atomic mass is 16.3. The minimum absolute atomic E-state index is 0.0460. The number of rotatable bonds is 7. The average molecular weight is 390 g/mol. The zero-order chi connectivity index (χ0) is 20.6. The molecule has 0 aliphatic carbocycles. The summed E-state index contributed by atoms with van der Waals surface area (Å²) < 4.78 is 0. The largest absolute Gasteiger partial charge is 0.392 e. The minimum atomic E-state index is -0.496. The van der Waals surface area contributed by atoms with Gasteiger partial charge >= 0.3 is 0 Å². The van der Waals surface area contributed by atoms with Gasteiger partial charge in [-0.3, -0.25) is 14.6 Å². The second-order valence-corrected chi connectivity index (χ2v) is 6.53. The fourth-order valence-electron chi connectivity index (χ4n) is 2.74. The highest BCUT2D eigenvalue weighted by Gasteiger charge is 2.13. The van der Waals surface area contributed by atoms with Crippen LogP contribution in [0.3, 0.4) is 0 Å². The highest BCUT2D eigenvalue weighted by Crippen LogP contribution is 2.17. The van der Waals surface area contributed by atoms with Gasteiger partial charge in [0.05, 0.1) is 6.61 Å². The monoisotopic (exact) mass is 390 g/mol. The maximum Gasteiger partial charge on any atom is 0.255 e. The molecule has 1 unspecified atom stereocenters. The zero-order valence-electron chi connectivity index (χ0n) is 15.7. The fourth-order valence-corrected chi connectivity index (χ4v) is 2.74. The first-order valence-corrected chi connectivity index (χ1v) is 9.11. The summed E-state index contributed by atoms with van der Waals surface area (Å²) in [6, 6.07) is 16.7. The Morgan fingerprint density at radius 3 is 2.14 bits per heavy atom. The maximum atomic E-state index is 12.3. The van der Waals surface area contributed by atoms with Gasteiger partial charge in [0.25, 0.3) is 5.91 Å². The van der Waals surface area contributed by atoms with Crippen LogP contribution in [0.25, 0.3) is 0 Å². The van der Waals surface area contributed by atoms with E-state index in [0.29, 0.717) is 16.9 Å². The molecule has 2 aromatic carbocycles. The number of nitrogens with two attached hydrogens (primary N) is 1. The van der Waals surface area contributed by atoms with Crippen LogP contribution in [0, 0.1) is 0 Å². The predicted molar refractivity (Wildman–Crippen MR) is 111 cm³/mol. The smallest absolute Gasteiger partial charge is 0.255 e. The van der Waals surface area contributed by atoms with Gasteiger partial charge in [-0.25, -0.2) is 0 Å². The fraction of sp³-hybridized carbons (Fsp3) is 0.136. The van der Waals surface area contributed by atoms with Crippen molar-refractivity contribution in [1.29, 1.82) is 0 Å². The van der Waals surface area contributed by atoms with Crippen molar-refractivity contribution in [3.05, 3.63) is 89.7 Å². The third kappa shape index (κ3) is 5.71. The number of amides is 2. The molecule has 3 rings (SSSR count). The molecule has 1 atom stereocenters. The number of nitrogens with one attached hydrogen (secondary N) is 2. The lowest BCUT2D eigenvalue weighted by Gasteiger charge is -2.13. The lowest BCUT2D eigenvalue weighted by molar-refractivity contribution is -0.116. The molecular weight excluding hydrogens is 368 g/mol. The van der Waals surface area contributed by atoms with E-state index in [2.05, 4.69) is 15.6 Å². The van der Waals surface area contributed by atoms with E-state index in [-0.39, 0.29) is 24.8 Å². The standard InChI is InChI=1S/C22H22N4O3/c23-20(13-21(28)25-18-7-1-15(14-27)2-8-18)16-3-5-17(6-4-16)22(29)26-19-9-11-24-12-10-19/h1-12,20,27H,13-14,23H2,(H,25,28)(H,24,26,29). The number of pyridine rings is 1. The first-order valence-electron chi connectivity index (χ1n) is 9.11. The molecule has 148 valence electrons. The Hall–Kier alpha value is -3.55. The third-order valence-electron chi connectivity index (χ3n) is 4.36. The van der Waals surface area contributed by atoms with Gasteiger partial charge in [-0.15, -0.1) is 0 Å². The van der Waals surface area contributed by atoms with Crippen molar-refractivity contribution in [2.45, 2.75) is 19.1 Å². The molecule has 0 spiro atoms. The van der Waals surface area contributed by atoms with E-state index in [4.69, 9.17) is 10.8 Å². The molecule has 0 radical (unpaired) electrons. The van der Waals surface area contributed by atoms with Crippen LogP contribution in [0.1, 0.15) is 33.9 Å². The van der Waals surface area contributed by atoms with E-state index in [1.807, 2.05) is 0 Å². The van der Waals surface area contributed by atoms with Gasteiger partial charge < -0.3 is 21.5 Å². The molecule has 7 heteroatoms. The van der Waals surface area contributed by atoms with Crippen molar-refractivity contribution < 1.29 is 14.7 Å². The quantitative estimate of drug-likeness (QED) is 0.495. The number of anilines is 2. The summed E-state index contributed by atoms with van der Waals surface area (Å²) in [6.45, 7) is -0.0460. The number of carbonyl (C=O) groups excluding carboxylic acids is 2. The van der Waals surface area contributed by atoms with Crippen LogP contribution in [0.15, 0.2) is 73.1 Å². The Bertz CT molecular complexity index is 958. The van der Waals surface area contributed by atoms with Crippen molar-refractivity contribution in [2.75, 3.05) is 10.6 Å². The number of benzene rings is 2. The molecule has 0 aliphatic rings. The SMILES string of the molecule is NC(CC(=O)Nc1ccc(CO)cc1)c1ccc(C(=O)Nc2ccncc2)cc1. The predicted octanol–water partition coefficient (Wildman–Crippen LogP) is 2.85. The third-order valence-corrected chi connectivity index (χ3v) is 4.36. The Morgan fingerprint density at radius 1 is 0.897 bits per heavy atom. The average Bonchev–Trinajstić information content (AvgIpc) is 2.75. The number of aliphatic hydroxyl groups is 1. The zero-order valence-corrected chi connectivity index (χ0v) is 15.7. The van der Waals surface area contributed by atoms with Crippen LogP contribution in [0.5, 0.6) is 0 Å². The van der Waals surface area contributed by atoms with E-state index in [0.717, 1.165) is 11.1 Å². The first-order chi connectivity index (χ1) is 14.0. The van der Waals surface area contributed by atoms with Crippen LogP contribution in [-0.4, -0.2) is 21.9 Å². The van der Waals surface area contributed by atoms with Crippen molar-refractivity contribution in [2.24, 2.45) is 5.73 Å². The Balaban J connectivity index is 1.55. The summed E-state index contributed by atoms with van der Waals surface area (Å²) in [4.78, 5) is 28.4. The number of hydrogen-bond acceptors (Lipinski definition) is 5. The maximum absolute atomic E-state index is 12.3. The first kappa shape index (κ1) is 20.2. The molecule has 0 aliphatic heterocycles. The van der Waals surface area contributed by atoms with Crippen molar-refractivity contribution >= 4 is 23.2 Å². The molecule has 29 heavy (non-hydrogen) atoms. The number of nitrogens with zero attached hydrogens (tertiary/aromatic N) is 1. The summed E-state index contributed by atoms with van der Waals surface area (Å²) >= 11 is 0. The summed E-state index contributed by atoms with van der Waals surface area (Å²) in [5.41, 5.74) is 9.47. The van der Waals surface area contributed by atoms with Crippen molar-refractivity contribution in [1.82, 2.24) is 4.98 Å². The van der Waals surface area contributed by atoms with E-state index in [9.17, 15) is 9.59 Å². The van der Waals surface area contributed by atoms with Gasteiger partial charge in [0.15, 0.2) is 0 Å². The normalized spacial score (nSPS) is 11.5. The minimum Gasteiger partial charge on any atom is -0.392 e. The molecule has 2 amide bonds. The molecule has 3 aromatic rings. The molecule has 0 saturated heterocycles. The van der Waals surface area contributed by atoms with Crippen LogP contribution >= 0.6 is 0 Å². The molecule has 7 nitrogen and oxygen atoms in total. The Morgan fingerprint density at radius 2 is 1.52 bits per heavy atom. The molecular formula is C22H22N4O3. The van der Waals surface area contributed by atoms with Gasteiger partial charge in [-0.05, 0) is 47.5 Å². The molecule has 0 fully saturated rings. The van der Waals surface area contributed by atoms with E-state index >= 15 is 0 Å². The molecule has 0 bridgehead atoms. The van der Waals surface area contributed by atoms with E-state index in [1.165, 1.54) is 0 Å². The van der Waals surface area contributed by atoms with E-state index < -0.39 is 6.04 Å². The Kier molecular flexibility index (Phi) is 6.67. The highest BCUT2D eigenvalue weighted by molar-refractivity contribution is 6.04. The number of aromatic nitrogens is 1. The number of aliphatic hydroxyl groups excluding tert-OH is 1. The van der Waals surface area contributed by atoms with Crippen molar-refractivity contribution in [3.63, 3.8) is 0 Å². The molecule has 1 aromatic heterocycles. The summed E-state index contributed by atoms with van der Waals surface area (Å²) in [5, 5.41) is 14.6. The van der Waals surface area contributed by atoms with Gasteiger partial charge in [0.1, 0.15) is 0 Å². The molecule has 1 heterocycles. The van der Waals surface area contributed by atoms with Gasteiger partial charge in [-0.1, -0.05) is 24.3 Å². The topological polar surface area (TPSA) is 117 Å². The number of hydrogen-bond donors (Lipinski definition) is 4. The van der Waals surface area contributed by atoms with Gasteiger partial charge in [0.2, 0.25) is 5.91 Å². The van der Waals surface area contributed by atoms with Gasteiger partial charge in [-0.2, -0.15) is 0 Å². The van der Waals surface area contributed by atoms with Crippen LogP contribution in [-0.2, 0) is 11.4 Å². The summed E-state index contributed by atoms with van der Waals surface area (Å²) in [6.07, 6.45) is 3.30. The number of carbonyl (C=O) groups is 2. The second-order valence-electron chi connectivity index (χ2n) is 6.53. The van der Waals surface area contributed by atoms with Gasteiger partial charge in [0, 0.05) is 41.8 Å². The lowest BCUT2D eigenvalue weighted by atomic mass is 10.0. The molecule has 0 saturated carbocycles. The summed E-state index contributed by atoms with van der Waals surface area (Å²) in [7, 11) is 0. The van der Waals surface area contributed by atoms with Crippen LogP contribution < -0.4 is 16.4 Å². The van der Waals surface area contributed by atoms with E-state index in [1.54, 1.807) is 73.1 Å². The Labute approximate surface area is 168 Å². The van der Waals surface area contributed by atoms with Crippen molar-refractivity contribution in [3.8, 4) is 0 Å². The van der Waals surface area contributed by atoms with Crippen LogP contribution in [0.4, 0.5) is 11.4 Å². The molecule has 5 N–H and O–H groups in total.